The van der Waals surface area contributed by atoms with Gasteiger partial charge in [-0.1, -0.05) is 27.2 Å². The smallest absolute Gasteiger partial charge is 0.283 e. The normalized spacial score (nSPS) is 14.3. The zero-order chi connectivity index (χ0) is 15.3. The molecule has 20 heavy (non-hydrogen) atoms. The molecule has 0 aliphatic heterocycles. The van der Waals surface area contributed by atoms with Gasteiger partial charge in [0.25, 0.3) is 5.56 Å². The maximum Gasteiger partial charge on any atom is 0.283 e. The molecule has 0 aliphatic rings. The summed E-state index contributed by atoms with van der Waals surface area (Å²) in [7, 11) is 0. The van der Waals surface area contributed by atoms with Crippen molar-refractivity contribution in [3.63, 3.8) is 0 Å². The van der Waals surface area contributed by atoms with E-state index in [9.17, 15) is 9.90 Å². The van der Waals surface area contributed by atoms with Gasteiger partial charge in [-0.3, -0.25) is 4.79 Å². The Bertz CT molecular complexity index is 498. The molecule has 1 rings (SSSR count). The number of anilines is 1. The molecule has 0 spiro atoms. The van der Waals surface area contributed by atoms with E-state index in [1.54, 1.807) is 13.1 Å². The lowest BCUT2D eigenvalue weighted by atomic mass is 10.0. The highest BCUT2D eigenvalue weighted by molar-refractivity contribution is 9.10. The Morgan fingerprint density at radius 2 is 2.20 bits per heavy atom. The molecule has 114 valence electrons. The first kappa shape index (κ1) is 17.2. The summed E-state index contributed by atoms with van der Waals surface area (Å²) in [5.41, 5.74) is -0.328. The second-order valence-corrected chi connectivity index (χ2v) is 6.65. The third-order valence-electron chi connectivity index (χ3n) is 2.97. The number of halogens is 1. The van der Waals surface area contributed by atoms with Crippen molar-refractivity contribution >= 4 is 21.6 Å². The summed E-state index contributed by atoms with van der Waals surface area (Å²) in [5.74, 6) is 0.358. The molecule has 0 amide bonds. The summed E-state index contributed by atoms with van der Waals surface area (Å²) in [5, 5.41) is 17.4. The molecule has 0 aromatic carbocycles. The quantitative estimate of drug-likeness (QED) is 0.797. The van der Waals surface area contributed by atoms with Crippen LogP contribution in [0.3, 0.4) is 0 Å². The second-order valence-electron chi connectivity index (χ2n) is 5.85. The number of hydrogen-bond donors (Lipinski definition) is 2. The fourth-order valence-electron chi connectivity index (χ4n) is 1.98. The molecular formula is C14H24BrN3O2. The molecule has 1 heterocycles. The largest absolute Gasteiger partial charge is 0.388 e. The van der Waals surface area contributed by atoms with Crippen molar-refractivity contribution in [3.05, 3.63) is 21.0 Å². The highest BCUT2D eigenvalue weighted by atomic mass is 79.9. The Balaban J connectivity index is 2.83. The molecule has 0 bridgehead atoms. The Kier molecular flexibility index (Phi) is 6.20. The molecular weight excluding hydrogens is 322 g/mol. The van der Waals surface area contributed by atoms with Crippen molar-refractivity contribution in [2.45, 2.75) is 52.7 Å². The van der Waals surface area contributed by atoms with Gasteiger partial charge in [0, 0.05) is 13.1 Å². The summed E-state index contributed by atoms with van der Waals surface area (Å²) < 4.78 is 1.91. The van der Waals surface area contributed by atoms with Crippen molar-refractivity contribution in [2.75, 3.05) is 11.9 Å². The van der Waals surface area contributed by atoms with E-state index in [-0.39, 0.29) is 5.56 Å². The van der Waals surface area contributed by atoms with Gasteiger partial charge in [-0.25, -0.2) is 4.68 Å². The minimum atomic E-state index is -0.791. The van der Waals surface area contributed by atoms with Crippen molar-refractivity contribution in [1.82, 2.24) is 9.78 Å². The van der Waals surface area contributed by atoms with Crippen LogP contribution < -0.4 is 10.9 Å². The molecule has 1 unspecified atom stereocenters. The minimum absolute atomic E-state index is 0.154. The van der Waals surface area contributed by atoms with E-state index in [1.807, 2.05) is 20.8 Å². The van der Waals surface area contributed by atoms with Crippen LogP contribution >= 0.6 is 15.9 Å². The van der Waals surface area contributed by atoms with Gasteiger partial charge in [-0.05, 0) is 35.2 Å². The third-order valence-corrected chi connectivity index (χ3v) is 3.74. The van der Waals surface area contributed by atoms with E-state index in [1.165, 1.54) is 4.68 Å². The van der Waals surface area contributed by atoms with Crippen LogP contribution in [0.4, 0.5) is 5.69 Å². The molecule has 0 saturated carbocycles. The van der Waals surface area contributed by atoms with Crippen LogP contribution in [-0.4, -0.2) is 27.0 Å². The SMILES string of the molecule is CCCC(C)(O)CNc1cnn(CC(C)C)c(=O)c1Br. The van der Waals surface area contributed by atoms with E-state index >= 15 is 0 Å². The molecule has 6 heteroatoms. The Morgan fingerprint density at radius 3 is 2.75 bits per heavy atom. The van der Waals surface area contributed by atoms with Crippen LogP contribution in [-0.2, 0) is 6.54 Å². The third kappa shape index (κ3) is 4.90. The van der Waals surface area contributed by atoms with Crippen molar-refractivity contribution < 1.29 is 5.11 Å². The van der Waals surface area contributed by atoms with Crippen LogP contribution in [0, 0.1) is 5.92 Å². The van der Waals surface area contributed by atoms with E-state index in [0.717, 1.165) is 6.42 Å². The molecule has 1 aromatic heterocycles. The zero-order valence-electron chi connectivity index (χ0n) is 12.6. The Hall–Kier alpha value is -0.880. The summed E-state index contributed by atoms with van der Waals surface area (Å²) in [6.45, 7) is 8.86. The highest BCUT2D eigenvalue weighted by Gasteiger charge is 2.19. The topological polar surface area (TPSA) is 67.2 Å². The first-order valence-electron chi connectivity index (χ1n) is 6.98. The number of nitrogens with one attached hydrogen (secondary N) is 1. The number of nitrogens with zero attached hydrogens (tertiary/aromatic N) is 2. The molecule has 0 saturated heterocycles. The minimum Gasteiger partial charge on any atom is -0.388 e. The van der Waals surface area contributed by atoms with Gasteiger partial charge < -0.3 is 10.4 Å². The lowest BCUT2D eigenvalue weighted by Crippen LogP contribution is -2.34. The molecule has 5 nitrogen and oxygen atoms in total. The standard InChI is InChI=1S/C14H24BrN3O2/c1-5-6-14(4,20)9-16-11-7-17-18(8-10(2)3)13(19)12(11)15/h7,10,16,20H,5-6,8-9H2,1-4H3. The summed E-state index contributed by atoms with van der Waals surface area (Å²) >= 11 is 3.31. The van der Waals surface area contributed by atoms with Crippen LogP contribution in [0.2, 0.25) is 0 Å². The maximum atomic E-state index is 12.1. The van der Waals surface area contributed by atoms with Crippen LogP contribution in [0.25, 0.3) is 0 Å². The molecule has 0 radical (unpaired) electrons. The Morgan fingerprint density at radius 1 is 1.55 bits per heavy atom. The lowest BCUT2D eigenvalue weighted by molar-refractivity contribution is 0.0636. The van der Waals surface area contributed by atoms with Gasteiger partial charge in [-0.15, -0.1) is 0 Å². The maximum absolute atomic E-state index is 12.1. The highest BCUT2D eigenvalue weighted by Crippen LogP contribution is 2.19. The Labute approximate surface area is 128 Å². The number of aliphatic hydroxyl groups is 1. The predicted molar refractivity (Wildman–Crippen MR) is 85.1 cm³/mol. The fourth-order valence-corrected chi connectivity index (χ4v) is 2.42. The average molecular weight is 346 g/mol. The van der Waals surface area contributed by atoms with E-state index < -0.39 is 5.60 Å². The summed E-state index contributed by atoms with van der Waals surface area (Å²) in [6, 6.07) is 0. The van der Waals surface area contributed by atoms with Crippen LogP contribution in [0.5, 0.6) is 0 Å². The zero-order valence-corrected chi connectivity index (χ0v) is 14.2. The molecule has 2 N–H and O–H groups in total. The van der Waals surface area contributed by atoms with Gasteiger partial charge in [-0.2, -0.15) is 5.10 Å². The van der Waals surface area contributed by atoms with Crippen molar-refractivity contribution in [3.8, 4) is 0 Å². The van der Waals surface area contributed by atoms with Gasteiger partial charge in [0.1, 0.15) is 4.47 Å². The van der Waals surface area contributed by atoms with E-state index in [4.69, 9.17) is 0 Å². The van der Waals surface area contributed by atoms with Crippen molar-refractivity contribution in [1.29, 1.82) is 0 Å². The molecule has 0 aliphatic carbocycles. The van der Waals surface area contributed by atoms with Gasteiger partial charge in [0.15, 0.2) is 0 Å². The number of hydrogen-bond acceptors (Lipinski definition) is 4. The van der Waals surface area contributed by atoms with Gasteiger partial charge in [0.05, 0.1) is 17.5 Å². The number of aromatic nitrogens is 2. The summed E-state index contributed by atoms with van der Waals surface area (Å²) in [4.78, 5) is 12.1. The summed E-state index contributed by atoms with van der Waals surface area (Å²) in [6.07, 6.45) is 3.23. The average Bonchev–Trinajstić information content (AvgIpc) is 2.33. The van der Waals surface area contributed by atoms with Crippen molar-refractivity contribution in [2.24, 2.45) is 5.92 Å². The van der Waals surface area contributed by atoms with E-state index in [2.05, 4.69) is 26.3 Å². The lowest BCUT2D eigenvalue weighted by Gasteiger charge is -2.23. The molecule has 0 fully saturated rings. The molecule has 1 aromatic rings. The predicted octanol–water partition coefficient (Wildman–Crippen LogP) is 2.62. The van der Waals surface area contributed by atoms with Crippen LogP contribution in [0.1, 0.15) is 40.5 Å². The van der Waals surface area contributed by atoms with E-state index in [0.29, 0.717) is 35.6 Å². The first-order valence-corrected chi connectivity index (χ1v) is 7.78. The first-order chi connectivity index (χ1) is 9.26. The van der Waals surface area contributed by atoms with Gasteiger partial charge in [0.2, 0.25) is 0 Å². The van der Waals surface area contributed by atoms with Crippen LogP contribution in [0.15, 0.2) is 15.5 Å². The molecule has 1 atom stereocenters. The van der Waals surface area contributed by atoms with Gasteiger partial charge >= 0.3 is 0 Å². The fraction of sp³-hybridized carbons (Fsp3) is 0.714. The second kappa shape index (κ2) is 7.22. The monoisotopic (exact) mass is 345 g/mol. The number of rotatable bonds is 7.